The minimum Gasteiger partial charge on any atom is -0.309 e. The lowest BCUT2D eigenvalue weighted by atomic mass is 10.1. The van der Waals surface area contributed by atoms with Crippen LogP contribution in [0.2, 0.25) is 5.02 Å². The molecule has 0 fully saturated rings. The Labute approximate surface area is 112 Å². The average Bonchev–Trinajstić information content (AvgIpc) is 2.40. The zero-order valence-corrected chi connectivity index (χ0v) is 10.6. The molecule has 0 aliphatic heterocycles. The summed E-state index contributed by atoms with van der Waals surface area (Å²) in [7, 11) is 0. The van der Waals surface area contributed by atoms with Crippen LogP contribution in [0, 0.1) is 11.3 Å². The molecular formula is C15H13ClN2. The van der Waals surface area contributed by atoms with E-state index < -0.39 is 0 Å². The summed E-state index contributed by atoms with van der Waals surface area (Å²) in [6.45, 7) is 1.55. The molecule has 0 aliphatic rings. The average molecular weight is 257 g/mol. The standard InChI is InChI=1S/C15H13ClN2/c16-15-3-1-2-14(8-15)11-18-10-13-6-4-12(9-17)5-7-13/h1-8,18H,10-11H2. The van der Waals surface area contributed by atoms with Crippen LogP contribution in [-0.4, -0.2) is 0 Å². The number of hydrogen-bond acceptors (Lipinski definition) is 2. The van der Waals surface area contributed by atoms with Crippen molar-refractivity contribution in [2.24, 2.45) is 0 Å². The molecule has 0 saturated carbocycles. The number of hydrogen-bond donors (Lipinski definition) is 1. The van der Waals surface area contributed by atoms with Gasteiger partial charge in [-0.25, -0.2) is 0 Å². The van der Waals surface area contributed by atoms with Crippen molar-refractivity contribution in [1.29, 1.82) is 5.26 Å². The van der Waals surface area contributed by atoms with Gasteiger partial charge >= 0.3 is 0 Å². The minimum atomic E-state index is 0.689. The summed E-state index contributed by atoms with van der Waals surface area (Å²) in [5.41, 5.74) is 3.01. The van der Waals surface area contributed by atoms with Crippen molar-refractivity contribution >= 4 is 11.6 Å². The van der Waals surface area contributed by atoms with E-state index in [1.165, 1.54) is 0 Å². The lowest BCUT2D eigenvalue weighted by Gasteiger charge is -2.05. The van der Waals surface area contributed by atoms with Crippen LogP contribution in [0.15, 0.2) is 48.5 Å². The van der Waals surface area contributed by atoms with E-state index >= 15 is 0 Å². The third kappa shape index (κ3) is 3.59. The highest BCUT2D eigenvalue weighted by Gasteiger charge is 1.96. The van der Waals surface area contributed by atoms with E-state index in [0.717, 1.165) is 29.2 Å². The monoisotopic (exact) mass is 256 g/mol. The molecule has 0 aromatic heterocycles. The molecule has 2 rings (SSSR count). The van der Waals surface area contributed by atoms with E-state index in [4.69, 9.17) is 16.9 Å². The molecule has 0 atom stereocenters. The Kier molecular flexibility index (Phi) is 4.35. The van der Waals surface area contributed by atoms with Gasteiger partial charge in [-0.05, 0) is 35.4 Å². The SMILES string of the molecule is N#Cc1ccc(CNCc2cccc(Cl)c2)cc1. The molecule has 0 spiro atoms. The topological polar surface area (TPSA) is 35.8 Å². The molecule has 18 heavy (non-hydrogen) atoms. The van der Waals surface area contributed by atoms with E-state index in [9.17, 15) is 0 Å². The molecule has 2 nitrogen and oxygen atoms in total. The van der Waals surface area contributed by atoms with Gasteiger partial charge < -0.3 is 5.32 Å². The van der Waals surface area contributed by atoms with Crippen molar-refractivity contribution in [2.75, 3.05) is 0 Å². The van der Waals surface area contributed by atoms with Crippen LogP contribution in [0.3, 0.4) is 0 Å². The zero-order valence-electron chi connectivity index (χ0n) is 9.86. The molecular weight excluding hydrogens is 244 g/mol. The Morgan fingerprint density at radius 3 is 2.39 bits per heavy atom. The molecule has 0 aliphatic carbocycles. The molecule has 0 bridgehead atoms. The van der Waals surface area contributed by atoms with Crippen LogP contribution in [0.4, 0.5) is 0 Å². The third-order valence-corrected chi connectivity index (χ3v) is 2.87. The fourth-order valence-corrected chi connectivity index (χ4v) is 1.91. The summed E-state index contributed by atoms with van der Waals surface area (Å²) >= 11 is 5.92. The van der Waals surface area contributed by atoms with Crippen molar-refractivity contribution in [3.05, 3.63) is 70.2 Å². The Balaban J connectivity index is 1.86. The third-order valence-electron chi connectivity index (χ3n) is 2.63. The van der Waals surface area contributed by atoms with Crippen LogP contribution >= 0.6 is 11.6 Å². The maximum absolute atomic E-state index is 8.70. The van der Waals surface area contributed by atoms with Crippen molar-refractivity contribution < 1.29 is 0 Å². The maximum Gasteiger partial charge on any atom is 0.0991 e. The largest absolute Gasteiger partial charge is 0.309 e. The summed E-state index contributed by atoms with van der Waals surface area (Å²) in [4.78, 5) is 0. The zero-order chi connectivity index (χ0) is 12.8. The molecule has 0 radical (unpaired) electrons. The second kappa shape index (κ2) is 6.20. The van der Waals surface area contributed by atoms with Crippen molar-refractivity contribution in [3.63, 3.8) is 0 Å². The van der Waals surface area contributed by atoms with Gasteiger partial charge in [-0.3, -0.25) is 0 Å². The van der Waals surface area contributed by atoms with Gasteiger partial charge in [0, 0.05) is 18.1 Å². The predicted molar refractivity (Wildman–Crippen MR) is 73.2 cm³/mol. The molecule has 0 heterocycles. The van der Waals surface area contributed by atoms with Crippen molar-refractivity contribution in [1.82, 2.24) is 5.32 Å². The molecule has 0 saturated heterocycles. The van der Waals surface area contributed by atoms with E-state index in [0.29, 0.717) is 5.56 Å². The van der Waals surface area contributed by atoms with Gasteiger partial charge in [0.15, 0.2) is 0 Å². The van der Waals surface area contributed by atoms with Gasteiger partial charge in [0.25, 0.3) is 0 Å². The van der Waals surface area contributed by atoms with Gasteiger partial charge in [-0.1, -0.05) is 35.9 Å². The number of nitrogens with zero attached hydrogens (tertiary/aromatic N) is 1. The Morgan fingerprint density at radius 2 is 1.72 bits per heavy atom. The maximum atomic E-state index is 8.70. The number of halogens is 1. The Bertz CT molecular complexity index is 555. The summed E-state index contributed by atoms with van der Waals surface area (Å²) in [5, 5.41) is 12.8. The first kappa shape index (κ1) is 12.6. The quantitative estimate of drug-likeness (QED) is 0.909. The van der Waals surface area contributed by atoms with Gasteiger partial charge in [-0.2, -0.15) is 5.26 Å². The van der Waals surface area contributed by atoms with E-state index in [-0.39, 0.29) is 0 Å². The molecule has 3 heteroatoms. The molecule has 2 aromatic rings. The number of rotatable bonds is 4. The van der Waals surface area contributed by atoms with Gasteiger partial charge in [0.1, 0.15) is 0 Å². The van der Waals surface area contributed by atoms with Gasteiger partial charge in [0.05, 0.1) is 11.6 Å². The Hall–Kier alpha value is -1.82. The number of nitrogens with one attached hydrogen (secondary N) is 1. The highest BCUT2D eigenvalue weighted by molar-refractivity contribution is 6.30. The minimum absolute atomic E-state index is 0.689. The molecule has 90 valence electrons. The molecule has 1 N–H and O–H groups in total. The number of benzene rings is 2. The van der Waals surface area contributed by atoms with Gasteiger partial charge in [-0.15, -0.1) is 0 Å². The first-order valence-corrected chi connectivity index (χ1v) is 6.10. The lowest BCUT2D eigenvalue weighted by Crippen LogP contribution is -2.12. The van der Waals surface area contributed by atoms with Crippen LogP contribution in [-0.2, 0) is 13.1 Å². The van der Waals surface area contributed by atoms with E-state index in [1.807, 2.05) is 48.5 Å². The fraction of sp³-hybridized carbons (Fsp3) is 0.133. The summed E-state index contributed by atoms with van der Waals surface area (Å²) in [6, 6.07) is 17.5. The fourth-order valence-electron chi connectivity index (χ4n) is 1.70. The highest BCUT2D eigenvalue weighted by atomic mass is 35.5. The summed E-state index contributed by atoms with van der Waals surface area (Å²) in [5.74, 6) is 0. The lowest BCUT2D eigenvalue weighted by molar-refractivity contribution is 0.693. The van der Waals surface area contributed by atoms with E-state index in [1.54, 1.807) is 0 Å². The normalized spacial score (nSPS) is 10.0. The van der Waals surface area contributed by atoms with E-state index in [2.05, 4.69) is 11.4 Å². The van der Waals surface area contributed by atoms with Crippen LogP contribution in [0.5, 0.6) is 0 Å². The van der Waals surface area contributed by atoms with Crippen LogP contribution in [0.25, 0.3) is 0 Å². The molecule has 2 aromatic carbocycles. The van der Waals surface area contributed by atoms with Crippen molar-refractivity contribution in [3.8, 4) is 6.07 Å². The summed E-state index contributed by atoms with van der Waals surface area (Å²) in [6.07, 6.45) is 0. The Morgan fingerprint density at radius 1 is 1.00 bits per heavy atom. The molecule has 0 unspecified atom stereocenters. The highest BCUT2D eigenvalue weighted by Crippen LogP contribution is 2.10. The molecule has 0 amide bonds. The second-order valence-electron chi connectivity index (χ2n) is 4.04. The van der Waals surface area contributed by atoms with Crippen LogP contribution < -0.4 is 5.32 Å². The summed E-state index contributed by atoms with van der Waals surface area (Å²) < 4.78 is 0. The first-order chi connectivity index (χ1) is 8.78. The van der Waals surface area contributed by atoms with Crippen LogP contribution in [0.1, 0.15) is 16.7 Å². The second-order valence-corrected chi connectivity index (χ2v) is 4.48. The smallest absolute Gasteiger partial charge is 0.0991 e. The number of nitriles is 1. The first-order valence-electron chi connectivity index (χ1n) is 5.72. The van der Waals surface area contributed by atoms with Gasteiger partial charge in [0.2, 0.25) is 0 Å². The van der Waals surface area contributed by atoms with Crippen molar-refractivity contribution in [2.45, 2.75) is 13.1 Å². The predicted octanol–water partition coefficient (Wildman–Crippen LogP) is 3.50.